The number of benzene rings is 1. The molecule has 0 bridgehead atoms. The van der Waals surface area contributed by atoms with Crippen LogP contribution in [0.25, 0.3) is 0 Å². The van der Waals surface area contributed by atoms with Crippen molar-refractivity contribution in [3.05, 3.63) is 59.9 Å². The highest BCUT2D eigenvalue weighted by Crippen LogP contribution is 2.39. The van der Waals surface area contributed by atoms with Gasteiger partial charge >= 0.3 is 0 Å². The van der Waals surface area contributed by atoms with Crippen molar-refractivity contribution in [2.24, 2.45) is 0 Å². The molecule has 0 saturated heterocycles. The van der Waals surface area contributed by atoms with E-state index in [1.54, 1.807) is 6.20 Å². The van der Waals surface area contributed by atoms with Crippen LogP contribution < -0.4 is 5.32 Å². The van der Waals surface area contributed by atoms with Crippen molar-refractivity contribution in [3.63, 3.8) is 0 Å². The van der Waals surface area contributed by atoms with Gasteiger partial charge in [0.2, 0.25) is 5.13 Å². The van der Waals surface area contributed by atoms with Gasteiger partial charge in [0.05, 0.1) is 6.33 Å². The van der Waals surface area contributed by atoms with Gasteiger partial charge in [0.25, 0.3) is 0 Å². The molecule has 5 nitrogen and oxygen atoms in total. The topological polar surface area (TPSA) is 55.6 Å². The number of hydrogen-bond donors (Lipinski definition) is 1. The maximum atomic E-state index is 4.55. The van der Waals surface area contributed by atoms with E-state index in [2.05, 4.69) is 48.5 Å². The largest absolute Gasteiger partial charge is 0.356 e. The van der Waals surface area contributed by atoms with Crippen LogP contribution >= 0.6 is 11.5 Å². The van der Waals surface area contributed by atoms with Crippen molar-refractivity contribution < 1.29 is 0 Å². The molecular weight excluding hydrogens is 294 g/mol. The minimum Gasteiger partial charge on any atom is -0.356 e. The summed E-state index contributed by atoms with van der Waals surface area (Å²) in [6.45, 7) is 1.62. The van der Waals surface area contributed by atoms with Crippen molar-refractivity contribution in [1.82, 2.24) is 18.9 Å². The van der Waals surface area contributed by atoms with E-state index < -0.39 is 0 Å². The van der Waals surface area contributed by atoms with E-state index in [0.29, 0.717) is 5.92 Å². The maximum absolute atomic E-state index is 4.55. The second-order valence-electron chi connectivity index (χ2n) is 5.64. The highest BCUT2D eigenvalue weighted by molar-refractivity contribution is 7.09. The standard InChI is InChI=1S/C16H17N5S/c1-2-12(8-13(3-1)10-21-7-6-17-11-21)9-18-16-19-15(20-22-16)14-4-5-14/h1-3,6-8,11,14H,4-5,9-10H2,(H,18,19,20). The van der Waals surface area contributed by atoms with Gasteiger partial charge in [0.1, 0.15) is 5.82 Å². The molecule has 1 aromatic carbocycles. The van der Waals surface area contributed by atoms with Crippen LogP contribution in [0.5, 0.6) is 0 Å². The van der Waals surface area contributed by atoms with Crippen molar-refractivity contribution in [2.75, 3.05) is 5.32 Å². The number of nitrogens with zero attached hydrogens (tertiary/aromatic N) is 4. The normalized spacial score (nSPS) is 14.2. The zero-order chi connectivity index (χ0) is 14.8. The van der Waals surface area contributed by atoms with Crippen LogP contribution in [0.1, 0.15) is 35.7 Å². The van der Waals surface area contributed by atoms with E-state index in [1.165, 1.54) is 35.5 Å². The van der Waals surface area contributed by atoms with Gasteiger partial charge in [0.15, 0.2) is 0 Å². The first-order valence-corrected chi connectivity index (χ1v) is 8.25. The van der Waals surface area contributed by atoms with Crippen LogP contribution in [0.2, 0.25) is 0 Å². The summed E-state index contributed by atoms with van der Waals surface area (Å²) in [5, 5.41) is 4.29. The highest BCUT2D eigenvalue weighted by Gasteiger charge is 2.27. The summed E-state index contributed by atoms with van der Waals surface area (Å²) in [4.78, 5) is 8.63. The smallest absolute Gasteiger partial charge is 0.202 e. The van der Waals surface area contributed by atoms with Gasteiger partial charge in [-0.1, -0.05) is 24.3 Å². The highest BCUT2D eigenvalue weighted by atomic mass is 32.1. The van der Waals surface area contributed by atoms with E-state index in [4.69, 9.17) is 0 Å². The molecule has 112 valence electrons. The maximum Gasteiger partial charge on any atom is 0.202 e. The molecular formula is C16H17N5S. The Balaban J connectivity index is 1.39. The summed E-state index contributed by atoms with van der Waals surface area (Å²) in [5.41, 5.74) is 2.52. The Kier molecular flexibility index (Phi) is 3.60. The molecule has 0 spiro atoms. The van der Waals surface area contributed by atoms with Crippen LogP contribution in [-0.2, 0) is 13.1 Å². The minimum atomic E-state index is 0.616. The lowest BCUT2D eigenvalue weighted by Crippen LogP contribution is -2.01. The first kappa shape index (κ1) is 13.5. The average molecular weight is 311 g/mol. The fourth-order valence-electron chi connectivity index (χ4n) is 2.42. The van der Waals surface area contributed by atoms with Crippen molar-refractivity contribution in [3.8, 4) is 0 Å². The molecule has 1 aliphatic carbocycles. The van der Waals surface area contributed by atoms with Gasteiger partial charge in [-0.3, -0.25) is 0 Å². The predicted molar refractivity (Wildman–Crippen MR) is 87.0 cm³/mol. The Morgan fingerprint density at radius 2 is 2.18 bits per heavy atom. The monoisotopic (exact) mass is 311 g/mol. The number of aromatic nitrogens is 4. The fourth-order valence-corrected chi connectivity index (χ4v) is 3.06. The molecule has 4 rings (SSSR count). The third kappa shape index (κ3) is 3.17. The quantitative estimate of drug-likeness (QED) is 0.759. The van der Waals surface area contributed by atoms with Gasteiger partial charge in [-0.2, -0.15) is 4.37 Å². The number of imidazole rings is 1. The Bertz CT molecular complexity index is 746. The summed E-state index contributed by atoms with van der Waals surface area (Å²) >= 11 is 1.46. The third-order valence-electron chi connectivity index (χ3n) is 3.74. The minimum absolute atomic E-state index is 0.616. The summed E-state index contributed by atoms with van der Waals surface area (Å²) in [6.07, 6.45) is 8.11. The molecule has 1 N–H and O–H groups in total. The van der Waals surface area contributed by atoms with Gasteiger partial charge in [0, 0.05) is 42.9 Å². The number of nitrogens with one attached hydrogen (secondary N) is 1. The molecule has 6 heteroatoms. The first-order valence-electron chi connectivity index (χ1n) is 7.48. The van der Waals surface area contributed by atoms with E-state index >= 15 is 0 Å². The molecule has 1 fully saturated rings. The second-order valence-corrected chi connectivity index (χ2v) is 6.39. The lowest BCUT2D eigenvalue weighted by Gasteiger charge is -2.06. The summed E-state index contributed by atoms with van der Waals surface area (Å²) < 4.78 is 6.48. The first-order chi connectivity index (χ1) is 10.9. The third-order valence-corrected chi connectivity index (χ3v) is 4.43. The molecule has 2 heterocycles. The molecule has 1 saturated carbocycles. The number of rotatable bonds is 6. The summed E-state index contributed by atoms with van der Waals surface area (Å²) in [5.74, 6) is 1.63. The molecule has 1 aliphatic rings. The molecule has 2 aromatic heterocycles. The van der Waals surface area contributed by atoms with Gasteiger partial charge in [-0.25, -0.2) is 9.97 Å². The second kappa shape index (κ2) is 5.88. The Labute approximate surface area is 133 Å². The predicted octanol–water partition coefficient (Wildman–Crippen LogP) is 3.27. The lowest BCUT2D eigenvalue weighted by atomic mass is 10.1. The Morgan fingerprint density at radius 3 is 3.00 bits per heavy atom. The molecule has 0 aliphatic heterocycles. The van der Waals surface area contributed by atoms with Crippen LogP contribution in [-0.4, -0.2) is 18.9 Å². The molecule has 0 amide bonds. The molecule has 0 unspecified atom stereocenters. The molecule has 22 heavy (non-hydrogen) atoms. The number of hydrogen-bond acceptors (Lipinski definition) is 5. The zero-order valence-corrected chi connectivity index (χ0v) is 13.0. The van der Waals surface area contributed by atoms with Gasteiger partial charge < -0.3 is 9.88 Å². The van der Waals surface area contributed by atoms with Crippen molar-refractivity contribution in [1.29, 1.82) is 0 Å². The van der Waals surface area contributed by atoms with Crippen LogP contribution in [0.15, 0.2) is 43.0 Å². The Hall–Kier alpha value is -2.21. The fraction of sp³-hybridized carbons (Fsp3) is 0.312. The van der Waals surface area contributed by atoms with Gasteiger partial charge in [-0.05, 0) is 24.0 Å². The SMILES string of the molecule is c1cc(CNc2nc(C3CC3)ns2)cc(Cn2ccnc2)c1. The van der Waals surface area contributed by atoms with E-state index in [0.717, 1.165) is 24.0 Å². The van der Waals surface area contributed by atoms with E-state index in [9.17, 15) is 0 Å². The van der Waals surface area contributed by atoms with Crippen LogP contribution in [0.3, 0.4) is 0 Å². The molecule has 0 atom stereocenters. The molecule has 0 radical (unpaired) electrons. The van der Waals surface area contributed by atoms with Crippen molar-refractivity contribution >= 4 is 16.7 Å². The zero-order valence-electron chi connectivity index (χ0n) is 12.1. The average Bonchev–Trinajstić information content (AvgIpc) is 3.06. The summed E-state index contributed by atoms with van der Waals surface area (Å²) in [7, 11) is 0. The van der Waals surface area contributed by atoms with Gasteiger partial charge in [-0.15, -0.1) is 0 Å². The van der Waals surface area contributed by atoms with Crippen LogP contribution in [0, 0.1) is 0 Å². The summed E-state index contributed by atoms with van der Waals surface area (Å²) in [6, 6.07) is 8.59. The van der Waals surface area contributed by atoms with E-state index in [1.807, 2.05) is 12.5 Å². The lowest BCUT2D eigenvalue weighted by molar-refractivity contribution is 0.796. The van der Waals surface area contributed by atoms with Crippen molar-refractivity contribution in [2.45, 2.75) is 31.8 Å². The van der Waals surface area contributed by atoms with Crippen LogP contribution in [0.4, 0.5) is 5.13 Å². The van der Waals surface area contributed by atoms with E-state index in [-0.39, 0.29) is 0 Å². The Morgan fingerprint density at radius 1 is 1.27 bits per heavy atom. The molecule has 3 aromatic rings. The number of anilines is 1.